The molecule has 2 aromatic rings. The third kappa shape index (κ3) is 4.77. The summed E-state index contributed by atoms with van der Waals surface area (Å²) in [5.41, 5.74) is -1.59. The average Bonchev–Trinajstić information content (AvgIpc) is 2.51. The Morgan fingerprint density at radius 2 is 1.80 bits per heavy atom. The predicted octanol–water partition coefficient (Wildman–Crippen LogP) is 2.85. The monoisotopic (exact) mass is 377 g/mol. The van der Waals surface area contributed by atoms with Crippen LogP contribution < -0.4 is 5.14 Å². The summed E-state index contributed by atoms with van der Waals surface area (Å²) >= 11 is 0. The summed E-state index contributed by atoms with van der Waals surface area (Å²) < 4.78 is 78.7. The number of primary sulfonamides is 1. The lowest BCUT2D eigenvalue weighted by molar-refractivity contribution is -0.137. The first-order chi connectivity index (χ1) is 11.5. The van der Waals surface area contributed by atoms with Crippen molar-refractivity contribution in [2.45, 2.75) is 17.7 Å². The van der Waals surface area contributed by atoms with Gasteiger partial charge in [0.05, 0.1) is 16.0 Å². The van der Waals surface area contributed by atoms with Gasteiger partial charge in [0, 0.05) is 0 Å². The van der Waals surface area contributed by atoms with Crippen molar-refractivity contribution >= 4 is 16.0 Å². The van der Waals surface area contributed by atoms with Gasteiger partial charge in [-0.2, -0.15) is 13.2 Å². The zero-order valence-electron chi connectivity index (χ0n) is 12.4. The minimum absolute atomic E-state index is 0.0335. The molecule has 2 rings (SSSR count). The topological polar surface area (TPSA) is 86.5 Å². The van der Waals surface area contributed by atoms with Gasteiger partial charge in [-0.15, -0.1) is 0 Å². The van der Waals surface area contributed by atoms with Crippen LogP contribution in [-0.4, -0.2) is 14.4 Å². The number of hydrogen-bond donors (Lipinski definition) is 1. The van der Waals surface area contributed by atoms with Gasteiger partial charge in [0.15, 0.2) is 0 Å². The highest BCUT2D eigenvalue weighted by Gasteiger charge is 2.30. The van der Waals surface area contributed by atoms with Gasteiger partial charge in [0.1, 0.15) is 12.4 Å². The molecule has 0 aliphatic heterocycles. The molecule has 0 saturated carbocycles. The number of alkyl halides is 3. The van der Waals surface area contributed by atoms with Gasteiger partial charge in [0.2, 0.25) is 10.0 Å². The molecular formula is C15H11F4NO4S. The zero-order valence-corrected chi connectivity index (χ0v) is 13.2. The molecule has 25 heavy (non-hydrogen) atoms. The molecule has 134 valence electrons. The summed E-state index contributed by atoms with van der Waals surface area (Å²) in [7, 11) is -4.16. The van der Waals surface area contributed by atoms with E-state index in [1.807, 2.05) is 0 Å². The lowest BCUT2D eigenvalue weighted by Crippen LogP contribution is -2.15. The van der Waals surface area contributed by atoms with Crippen molar-refractivity contribution in [2.24, 2.45) is 5.14 Å². The summed E-state index contributed by atoms with van der Waals surface area (Å²) in [4.78, 5) is 11.4. The highest BCUT2D eigenvalue weighted by Crippen LogP contribution is 2.29. The molecule has 5 nitrogen and oxygen atoms in total. The average molecular weight is 377 g/mol. The molecular weight excluding hydrogens is 366 g/mol. The van der Waals surface area contributed by atoms with E-state index in [4.69, 9.17) is 9.88 Å². The molecule has 0 unspecified atom stereocenters. The maximum absolute atomic E-state index is 13.7. The minimum Gasteiger partial charge on any atom is -0.457 e. The molecule has 0 amide bonds. The fourth-order valence-electron chi connectivity index (χ4n) is 1.90. The predicted molar refractivity (Wildman–Crippen MR) is 78.3 cm³/mol. The summed E-state index contributed by atoms with van der Waals surface area (Å²) in [5, 5.41) is 4.89. The van der Waals surface area contributed by atoms with Crippen molar-refractivity contribution < 1.29 is 35.5 Å². The first-order valence-corrected chi connectivity index (χ1v) is 8.19. The molecule has 0 aliphatic carbocycles. The van der Waals surface area contributed by atoms with Gasteiger partial charge in [0.25, 0.3) is 0 Å². The van der Waals surface area contributed by atoms with Gasteiger partial charge in [-0.05, 0) is 35.9 Å². The SMILES string of the molecule is NS(=O)(=O)c1ccc(F)c(C(=O)OCc2cccc(C(F)(F)F)c2)c1. The number of sulfonamides is 1. The quantitative estimate of drug-likeness (QED) is 0.656. The van der Waals surface area contributed by atoms with Gasteiger partial charge < -0.3 is 4.74 Å². The summed E-state index contributed by atoms with van der Waals surface area (Å²) in [5.74, 6) is -2.29. The smallest absolute Gasteiger partial charge is 0.416 e. The van der Waals surface area contributed by atoms with Crippen LogP contribution in [0.3, 0.4) is 0 Å². The first kappa shape index (κ1) is 18.9. The fourth-order valence-corrected chi connectivity index (χ4v) is 2.44. The van der Waals surface area contributed by atoms with E-state index in [1.54, 1.807) is 0 Å². The van der Waals surface area contributed by atoms with E-state index >= 15 is 0 Å². The number of benzene rings is 2. The van der Waals surface area contributed by atoms with Crippen LogP contribution >= 0.6 is 0 Å². The second-order valence-electron chi connectivity index (χ2n) is 4.96. The van der Waals surface area contributed by atoms with Crippen LogP contribution in [0.1, 0.15) is 21.5 Å². The molecule has 0 heterocycles. The van der Waals surface area contributed by atoms with Gasteiger partial charge >= 0.3 is 12.1 Å². The highest BCUT2D eigenvalue weighted by atomic mass is 32.2. The third-order valence-corrected chi connectivity index (χ3v) is 4.02. The molecule has 0 atom stereocenters. The fraction of sp³-hybridized carbons (Fsp3) is 0.133. The summed E-state index contributed by atoms with van der Waals surface area (Å²) in [6.45, 7) is -0.554. The largest absolute Gasteiger partial charge is 0.457 e. The Labute approximate surface area is 140 Å². The molecule has 0 fully saturated rings. The maximum Gasteiger partial charge on any atom is 0.416 e. The molecule has 0 spiro atoms. The van der Waals surface area contributed by atoms with Crippen LogP contribution in [0.2, 0.25) is 0 Å². The zero-order chi connectivity index (χ0) is 18.8. The molecule has 10 heteroatoms. The second-order valence-corrected chi connectivity index (χ2v) is 6.52. The number of halogens is 4. The number of ether oxygens (including phenoxy) is 1. The molecule has 2 aromatic carbocycles. The van der Waals surface area contributed by atoms with Crippen molar-refractivity contribution in [3.63, 3.8) is 0 Å². The first-order valence-electron chi connectivity index (χ1n) is 6.64. The van der Waals surface area contributed by atoms with Crippen LogP contribution in [0.5, 0.6) is 0 Å². The number of esters is 1. The van der Waals surface area contributed by atoms with Gasteiger partial charge in [-0.1, -0.05) is 12.1 Å². The van der Waals surface area contributed by atoms with Crippen molar-refractivity contribution in [3.05, 3.63) is 65.0 Å². The molecule has 0 radical (unpaired) electrons. The number of carbonyl (C=O) groups is 1. The van der Waals surface area contributed by atoms with Crippen LogP contribution in [0.15, 0.2) is 47.4 Å². The Bertz CT molecular complexity index is 910. The molecule has 0 saturated heterocycles. The highest BCUT2D eigenvalue weighted by molar-refractivity contribution is 7.89. The Kier molecular flexibility index (Phi) is 5.14. The lowest BCUT2D eigenvalue weighted by atomic mass is 10.1. The van der Waals surface area contributed by atoms with Crippen molar-refractivity contribution in [3.8, 4) is 0 Å². The second kappa shape index (κ2) is 6.81. The number of hydrogen-bond acceptors (Lipinski definition) is 4. The third-order valence-electron chi connectivity index (χ3n) is 3.11. The lowest BCUT2D eigenvalue weighted by Gasteiger charge is -2.10. The van der Waals surface area contributed by atoms with Crippen LogP contribution in [0, 0.1) is 5.82 Å². The molecule has 2 N–H and O–H groups in total. The standard InChI is InChI=1S/C15H11F4NO4S/c16-13-5-4-11(25(20,22)23)7-12(13)14(21)24-8-9-2-1-3-10(6-9)15(17,18)19/h1-7H,8H2,(H2,20,22,23). The normalized spacial score (nSPS) is 12.0. The summed E-state index contributed by atoms with van der Waals surface area (Å²) in [6, 6.07) is 6.34. The molecule has 0 bridgehead atoms. The van der Waals surface area contributed by atoms with Crippen molar-refractivity contribution in [2.75, 3.05) is 0 Å². The van der Waals surface area contributed by atoms with E-state index in [9.17, 15) is 30.8 Å². The number of rotatable bonds is 4. The number of carbonyl (C=O) groups excluding carboxylic acids is 1. The van der Waals surface area contributed by atoms with E-state index in [1.165, 1.54) is 6.07 Å². The van der Waals surface area contributed by atoms with Crippen LogP contribution in [-0.2, 0) is 27.5 Å². The van der Waals surface area contributed by atoms with Crippen molar-refractivity contribution in [1.82, 2.24) is 0 Å². The molecule has 0 aromatic heterocycles. The maximum atomic E-state index is 13.7. The Hall–Kier alpha value is -2.46. The van der Waals surface area contributed by atoms with Crippen LogP contribution in [0.25, 0.3) is 0 Å². The van der Waals surface area contributed by atoms with Gasteiger partial charge in [-0.25, -0.2) is 22.7 Å². The Balaban J connectivity index is 2.19. The molecule has 0 aliphatic rings. The minimum atomic E-state index is -4.56. The Morgan fingerprint density at radius 1 is 1.12 bits per heavy atom. The van der Waals surface area contributed by atoms with E-state index in [-0.39, 0.29) is 5.56 Å². The Morgan fingerprint density at radius 3 is 2.40 bits per heavy atom. The van der Waals surface area contributed by atoms with E-state index in [2.05, 4.69) is 0 Å². The van der Waals surface area contributed by atoms with Crippen molar-refractivity contribution in [1.29, 1.82) is 0 Å². The summed E-state index contributed by atoms with van der Waals surface area (Å²) in [6.07, 6.45) is -4.56. The van der Waals surface area contributed by atoms with E-state index in [0.717, 1.165) is 30.3 Å². The van der Waals surface area contributed by atoms with Gasteiger partial charge in [-0.3, -0.25) is 0 Å². The number of nitrogens with two attached hydrogens (primary N) is 1. The van der Waals surface area contributed by atoms with E-state index < -0.39 is 50.6 Å². The van der Waals surface area contributed by atoms with Crippen LogP contribution in [0.4, 0.5) is 17.6 Å². The van der Waals surface area contributed by atoms with E-state index in [0.29, 0.717) is 6.07 Å².